The molecule has 0 spiro atoms. The van der Waals surface area contributed by atoms with Crippen LogP contribution in [0.25, 0.3) is 0 Å². The van der Waals surface area contributed by atoms with Gasteiger partial charge in [-0.1, -0.05) is 13.3 Å². The van der Waals surface area contributed by atoms with Crippen molar-refractivity contribution >= 4 is 19.9 Å². The summed E-state index contributed by atoms with van der Waals surface area (Å²) in [6.45, 7) is 1.33. The standard InChI is InChI=1S/C24H26F5NO5S2/c1-3-30(36(2,31)32)13-15-5-4-12-23(18(15)14-35-22-20(26)11-10-19(25)21(22)23)37(33,34)17-8-6-16(7-9-17)24(27,28)29/h6-11,15,18H,3-5,12-14H2,1-2H3/t15-,18-,23-/m0/s1. The normalized spacial score (nSPS) is 24.3. The summed E-state index contributed by atoms with van der Waals surface area (Å²) in [6.07, 6.45) is -3.18. The zero-order chi connectivity index (χ0) is 27.4. The number of sulfonamides is 1. The van der Waals surface area contributed by atoms with Gasteiger partial charge in [-0.2, -0.15) is 13.2 Å². The van der Waals surface area contributed by atoms with E-state index in [1.807, 2.05) is 0 Å². The first-order valence-corrected chi connectivity index (χ1v) is 15.0. The molecule has 1 fully saturated rings. The van der Waals surface area contributed by atoms with Crippen molar-refractivity contribution in [3.8, 4) is 5.75 Å². The highest BCUT2D eigenvalue weighted by atomic mass is 32.2. The number of nitrogens with zero attached hydrogens (tertiary/aromatic N) is 1. The molecule has 2 aromatic carbocycles. The summed E-state index contributed by atoms with van der Waals surface area (Å²) < 4.78 is 127. The van der Waals surface area contributed by atoms with Crippen molar-refractivity contribution in [2.45, 2.75) is 42.0 Å². The summed E-state index contributed by atoms with van der Waals surface area (Å²) in [5.41, 5.74) is -1.56. The van der Waals surface area contributed by atoms with Crippen LogP contribution in [0.1, 0.15) is 37.3 Å². The number of ether oxygens (including phenoxy) is 1. The van der Waals surface area contributed by atoms with Crippen molar-refractivity contribution in [2.75, 3.05) is 26.0 Å². The second-order valence-electron chi connectivity index (χ2n) is 9.43. The van der Waals surface area contributed by atoms with Crippen LogP contribution in [0.3, 0.4) is 0 Å². The third kappa shape index (κ3) is 4.63. The SMILES string of the molecule is CCN(C[C@@H]1CCC[C@@]2(S(=O)(=O)c3ccc(C(F)(F)F)cc3)c3c(F)ccc(F)c3OC[C@@H]12)S(C)(=O)=O. The van der Waals surface area contributed by atoms with Crippen LogP contribution in [0.5, 0.6) is 5.75 Å². The predicted molar refractivity (Wildman–Crippen MR) is 125 cm³/mol. The molecule has 0 N–H and O–H groups in total. The van der Waals surface area contributed by atoms with Gasteiger partial charge < -0.3 is 4.74 Å². The van der Waals surface area contributed by atoms with Gasteiger partial charge in [-0.25, -0.2) is 29.9 Å². The number of halogens is 5. The van der Waals surface area contributed by atoms with E-state index in [-0.39, 0.29) is 32.5 Å². The fourth-order valence-corrected chi connectivity index (χ4v) is 9.07. The van der Waals surface area contributed by atoms with E-state index in [1.165, 1.54) is 4.31 Å². The highest BCUT2D eigenvalue weighted by Crippen LogP contribution is 2.58. The van der Waals surface area contributed by atoms with Crippen LogP contribution in [0, 0.1) is 23.5 Å². The zero-order valence-electron chi connectivity index (χ0n) is 20.1. The van der Waals surface area contributed by atoms with Crippen molar-refractivity contribution in [3.05, 3.63) is 59.2 Å². The minimum atomic E-state index is -4.70. The second-order valence-corrected chi connectivity index (χ2v) is 13.6. The molecule has 2 aromatic rings. The molecule has 1 heterocycles. The molecule has 1 aliphatic heterocycles. The molecular formula is C24H26F5NO5S2. The summed E-state index contributed by atoms with van der Waals surface area (Å²) in [5.74, 6) is -4.14. The Morgan fingerprint density at radius 1 is 1.03 bits per heavy atom. The average molecular weight is 568 g/mol. The molecule has 204 valence electrons. The van der Waals surface area contributed by atoms with Crippen LogP contribution in [-0.2, 0) is 30.8 Å². The Hall–Kier alpha value is -2.25. The molecule has 3 atom stereocenters. The Labute approximate surface area is 212 Å². The molecule has 0 saturated heterocycles. The number of alkyl halides is 3. The number of hydrogen-bond donors (Lipinski definition) is 0. The largest absolute Gasteiger partial charge is 0.490 e. The van der Waals surface area contributed by atoms with E-state index in [0.717, 1.165) is 30.5 Å². The van der Waals surface area contributed by atoms with Crippen LogP contribution in [0.2, 0.25) is 0 Å². The second kappa shape index (κ2) is 9.49. The highest BCUT2D eigenvalue weighted by molar-refractivity contribution is 7.92. The third-order valence-electron chi connectivity index (χ3n) is 7.41. The van der Waals surface area contributed by atoms with E-state index in [0.29, 0.717) is 18.6 Å². The van der Waals surface area contributed by atoms with E-state index in [1.54, 1.807) is 6.92 Å². The third-order valence-corrected chi connectivity index (χ3v) is 11.3. The van der Waals surface area contributed by atoms with Gasteiger partial charge in [0.05, 0.1) is 28.9 Å². The minimum Gasteiger partial charge on any atom is -0.490 e. The molecule has 0 bridgehead atoms. The van der Waals surface area contributed by atoms with Gasteiger partial charge in [-0.15, -0.1) is 0 Å². The van der Waals surface area contributed by atoms with Crippen molar-refractivity contribution < 1.29 is 43.5 Å². The fourth-order valence-electron chi connectivity index (χ4n) is 5.70. The Kier molecular flexibility index (Phi) is 7.13. The molecule has 0 amide bonds. The molecular weight excluding hydrogens is 541 g/mol. The van der Waals surface area contributed by atoms with E-state index < -0.39 is 76.0 Å². The number of benzene rings is 2. The van der Waals surface area contributed by atoms with Crippen LogP contribution < -0.4 is 4.74 Å². The lowest BCUT2D eigenvalue weighted by atomic mass is 9.67. The lowest BCUT2D eigenvalue weighted by Gasteiger charge is -2.51. The van der Waals surface area contributed by atoms with Gasteiger partial charge in [0, 0.05) is 19.0 Å². The van der Waals surface area contributed by atoms with Crippen molar-refractivity contribution in [1.82, 2.24) is 4.31 Å². The Morgan fingerprint density at radius 3 is 2.22 bits per heavy atom. The van der Waals surface area contributed by atoms with Gasteiger partial charge in [-0.05, 0) is 55.2 Å². The number of fused-ring (bicyclic) bond motifs is 3. The maximum absolute atomic E-state index is 15.4. The van der Waals surface area contributed by atoms with Gasteiger partial charge in [0.2, 0.25) is 10.0 Å². The van der Waals surface area contributed by atoms with Gasteiger partial charge in [0.15, 0.2) is 21.4 Å². The van der Waals surface area contributed by atoms with Gasteiger partial charge in [0.1, 0.15) is 10.6 Å². The Morgan fingerprint density at radius 2 is 1.65 bits per heavy atom. The number of hydrogen-bond acceptors (Lipinski definition) is 5. The van der Waals surface area contributed by atoms with Gasteiger partial charge >= 0.3 is 6.18 Å². The molecule has 0 aromatic heterocycles. The minimum absolute atomic E-state index is 0.0695. The van der Waals surface area contributed by atoms with E-state index in [9.17, 15) is 34.4 Å². The smallest absolute Gasteiger partial charge is 0.416 e. The lowest BCUT2D eigenvalue weighted by molar-refractivity contribution is -0.137. The van der Waals surface area contributed by atoms with E-state index in [2.05, 4.69) is 0 Å². The predicted octanol–water partition coefficient (Wildman–Crippen LogP) is 4.74. The zero-order valence-corrected chi connectivity index (χ0v) is 21.7. The van der Waals surface area contributed by atoms with E-state index >= 15 is 4.39 Å². The molecule has 6 nitrogen and oxygen atoms in total. The van der Waals surface area contributed by atoms with Crippen LogP contribution in [0.4, 0.5) is 22.0 Å². The summed E-state index contributed by atoms with van der Waals surface area (Å²) >= 11 is 0. The molecule has 2 aliphatic rings. The van der Waals surface area contributed by atoms with E-state index in [4.69, 9.17) is 4.74 Å². The number of rotatable bonds is 6. The molecule has 1 aliphatic carbocycles. The topological polar surface area (TPSA) is 80.8 Å². The molecule has 1 saturated carbocycles. The first-order valence-electron chi connectivity index (χ1n) is 11.6. The first kappa shape index (κ1) is 27.8. The Balaban J connectivity index is 1.93. The summed E-state index contributed by atoms with van der Waals surface area (Å²) in [7, 11) is -8.28. The maximum Gasteiger partial charge on any atom is 0.416 e. The van der Waals surface area contributed by atoms with Crippen molar-refractivity contribution in [1.29, 1.82) is 0 Å². The molecule has 0 unspecified atom stereocenters. The van der Waals surface area contributed by atoms with Gasteiger partial charge in [0.25, 0.3) is 0 Å². The quantitative estimate of drug-likeness (QED) is 0.471. The summed E-state index contributed by atoms with van der Waals surface area (Å²) in [5, 5.41) is 0. The van der Waals surface area contributed by atoms with Crippen LogP contribution >= 0.6 is 0 Å². The summed E-state index contributed by atoms with van der Waals surface area (Å²) in [4.78, 5) is -0.474. The molecule has 13 heteroatoms. The molecule has 4 rings (SSSR count). The fraction of sp³-hybridized carbons (Fsp3) is 0.500. The maximum atomic E-state index is 15.4. The van der Waals surface area contributed by atoms with Crippen LogP contribution in [-0.4, -0.2) is 47.1 Å². The summed E-state index contributed by atoms with van der Waals surface area (Å²) in [6, 6.07) is 4.49. The van der Waals surface area contributed by atoms with Crippen molar-refractivity contribution in [2.24, 2.45) is 11.8 Å². The van der Waals surface area contributed by atoms with Crippen LogP contribution in [0.15, 0.2) is 41.3 Å². The number of sulfone groups is 1. The first-order chi connectivity index (χ1) is 17.1. The molecule has 0 radical (unpaired) electrons. The Bertz CT molecular complexity index is 1390. The van der Waals surface area contributed by atoms with Gasteiger partial charge in [-0.3, -0.25) is 0 Å². The molecule has 37 heavy (non-hydrogen) atoms. The van der Waals surface area contributed by atoms with Crippen molar-refractivity contribution in [3.63, 3.8) is 0 Å². The lowest BCUT2D eigenvalue weighted by Crippen LogP contribution is -2.56. The average Bonchev–Trinajstić information content (AvgIpc) is 2.82. The highest BCUT2D eigenvalue weighted by Gasteiger charge is 2.61. The monoisotopic (exact) mass is 567 g/mol.